The average molecular weight is 352 g/mol. The quantitative estimate of drug-likeness (QED) is 0.804. The van der Waals surface area contributed by atoms with Gasteiger partial charge in [-0.05, 0) is 36.9 Å². The number of amides is 1. The van der Waals surface area contributed by atoms with Gasteiger partial charge in [0.2, 0.25) is 5.91 Å². The molecule has 0 aromatic heterocycles. The second kappa shape index (κ2) is 8.63. The lowest BCUT2D eigenvalue weighted by atomic mass is 9.99. The fraction of sp³-hybridized carbons (Fsp3) is 0.333. The third kappa shape index (κ3) is 4.70. The van der Waals surface area contributed by atoms with Gasteiger partial charge in [-0.15, -0.1) is 0 Å². The molecule has 1 saturated heterocycles. The number of carboxylic acid groups (broad SMARTS) is 1. The van der Waals surface area contributed by atoms with Crippen LogP contribution in [-0.4, -0.2) is 41.0 Å². The summed E-state index contributed by atoms with van der Waals surface area (Å²) in [7, 11) is 0. The van der Waals surface area contributed by atoms with Crippen LogP contribution in [0.5, 0.6) is 0 Å². The van der Waals surface area contributed by atoms with Crippen molar-refractivity contribution >= 4 is 11.9 Å². The van der Waals surface area contributed by atoms with Crippen molar-refractivity contribution < 1.29 is 14.7 Å². The van der Waals surface area contributed by atoms with Gasteiger partial charge in [0.1, 0.15) is 6.04 Å². The summed E-state index contributed by atoms with van der Waals surface area (Å²) in [5.74, 6) is -0.984. The van der Waals surface area contributed by atoms with Crippen molar-refractivity contribution in [3.05, 3.63) is 71.8 Å². The predicted octanol–water partition coefficient (Wildman–Crippen LogP) is 2.64. The number of nitrogens with zero attached hydrogens (tertiary/aromatic N) is 1. The molecule has 0 bridgehead atoms. The van der Waals surface area contributed by atoms with Gasteiger partial charge in [0.25, 0.3) is 0 Å². The van der Waals surface area contributed by atoms with Crippen LogP contribution in [0.4, 0.5) is 0 Å². The monoisotopic (exact) mass is 352 g/mol. The number of carbonyl (C=O) groups is 2. The van der Waals surface area contributed by atoms with Crippen molar-refractivity contribution in [1.82, 2.24) is 10.2 Å². The molecule has 2 N–H and O–H groups in total. The van der Waals surface area contributed by atoms with Crippen LogP contribution >= 0.6 is 0 Å². The molecular formula is C21H24N2O3. The number of nitrogens with one attached hydrogen (secondary N) is 1. The van der Waals surface area contributed by atoms with Gasteiger partial charge in [0, 0.05) is 0 Å². The second-order valence-corrected chi connectivity index (χ2v) is 6.69. The van der Waals surface area contributed by atoms with Gasteiger partial charge in [-0.2, -0.15) is 0 Å². The van der Waals surface area contributed by atoms with Crippen LogP contribution in [0, 0.1) is 0 Å². The highest BCUT2D eigenvalue weighted by molar-refractivity contribution is 5.80. The first-order valence-corrected chi connectivity index (χ1v) is 8.98. The van der Waals surface area contributed by atoms with E-state index in [1.54, 1.807) is 4.90 Å². The van der Waals surface area contributed by atoms with Gasteiger partial charge in [0.15, 0.2) is 0 Å². The molecule has 0 saturated carbocycles. The largest absolute Gasteiger partial charge is 0.480 e. The molecule has 1 heterocycles. The van der Waals surface area contributed by atoms with Gasteiger partial charge in [-0.1, -0.05) is 60.7 Å². The number of aliphatic carboxylic acids is 1. The van der Waals surface area contributed by atoms with Crippen LogP contribution in [0.2, 0.25) is 0 Å². The van der Waals surface area contributed by atoms with E-state index in [-0.39, 0.29) is 18.5 Å². The van der Waals surface area contributed by atoms with Crippen molar-refractivity contribution in [3.8, 4) is 0 Å². The molecular weight excluding hydrogens is 328 g/mol. The lowest BCUT2D eigenvalue weighted by molar-refractivity contribution is -0.142. The van der Waals surface area contributed by atoms with Gasteiger partial charge in [-0.25, -0.2) is 0 Å². The first-order valence-electron chi connectivity index (χ1n) is 8.98. The third-order valence-corrected chi connectivity index (χ3v) is 4.82. The summed E-state index contributed by atoms with van der Waals surface area (Å²) < 4.78 is 0. The van der Waals surface area contributed by atoms with Crippen molar-refractivity contribution in [2.75, 3.05) is 13.1 Å². The number of carboxylic acids is 1. The fourth-order valence-electron chi connectivity index (χ4n) is 3.51. The molecule has 1 fully saturated rings. The van der Waals surface area contributed by atoms with Gasteiger partial charge in [-0.3, -0.25) is 14.5 Å². The number of hydrogen-bond donors (Lipinski definition) is 2. The maximum atomic E-state index is 12.6. The second-order valence-electron chi connectivity index (χ2n) is 6.69. The Kier molecular flexibility index (Phi) is 6.02. The Morgan fingerprint density at radius 3 is 2.38 bits per heavy atom. The molecule has 2 aromatic carbocycles. The topological polar surface area (TPSA) is 69.6 Å². The van der Waals surface area contributed by atoms with Crippen molar-refractivity contribution in [1.29, 1.82) is 0 Å². The molecule has 5 heteroatoms. The number of carbonyl (C=O) groups excluding carboxylic acids is 1. The number of rotatable bonds is 7. The van der Waals surface area contributed by atoms with Crippen LogP contribution in [0.3, 0.4) is 0 Å². The van der Waals surface area contributed by atoms with E-state index < -0.39 is 12.0 Å². The molecule has 26 heavy (non-hydrogen) atoms. The molecule has 136 valence electrons. The molecule has 2 atom stereocenters. The average Bonchev–Trinajstić information content (AvgIpc) is 3.11. The Hall–Kier alpha value is -2.66. The van der Waals surface area contributed by atoms with Crippen LogP contribution in [0.25, 0.3) is 0 Å². The first kappa shape index (κ1) is 18.1. The summed E-state index contributed by atoms with van der Waals surface area (Å²) >= 11 is 0. The van der Waals surface area contributed by atoms with E-state index in [1.165, 1.54) is 0 Å². The number of hydrogen-bond acceptors (Lipinski definition) is 3. The van der Waals surface area contributed by atoms with Gasteiger partial charge >= 0.3 is 5.97 Å². The Labute approximate surface area is 153 Å². The van der Waals surface area contributed by atoms with Crippen molar-refractivity contribution in [2.24, 2.45) is 0 Å². The lowest BCUT2D eigenvalue weighted by Crippen LogP contribution is -2.44. The molecule has 1 aliphatic rings. The number of benzene rings is 2. The fourth-order valence-corrected chi connectivity index (χ4v) is 3.51. The van der Waals surface area contributed by atoms with E-state index in [0.717, 1.165) is 17.5 Å². The van der Waals surface area contributed by atoms with Crippen molar-refractivity contribution in [3.63, 3.8) is 0 Å². The van der Waals surface area contributed by atoms with Crippen LogP contribution in [-0.2, 0) is 16.0 Å². The minimum absolute atomic E-state index is 0.120. The molecule has 1 amide bonds. The zero-order valence-electron chi connectivity index (χ0n) is 14.7. The summed E-state index contributed by atoms with van der Waals surface area (Å²) in [5, 5.41) is 12.4. The van der Waals surface area contributed by atoms with Crippen LogP contribution in [0.15, 0.2) is 60.7 Å². The molecule has 0 spiro atoms. The molecule has 2 aromatic rings. The summed E-state index contributed by atoms with van der Waals surface area (Å²) in [4.78, 5) is 25.7. The van der Waals surface area contributed by atoms with E-state index in [0.29, 0.717) is 19.4 Å². The standard InChI is InChI=1S/C21H24N2O3/c24-20(15-23-13-7-12-19(23)21(25)26)22-18(17-10-5-2-6-11-17)14-16-8-3-1-4-9-16/h1-6,8-11,18-19H,7,12-15H2,(H,22,24)(H,25,26)/t18-,19+/m1/s1. The molecule has 5 nitrogen and oxygen atoms in total. The molecule has 1 aliphatic heterocycles. The lowest BCUT2D eigenvalue weighted by Gasteiger charge is -2.24. The molecule has 0 unspecified atom stereocenters. The smallest absolute Gasteiger partial charge is 0.320 e. The Balaban J connectivity index is 1.69. The zero-order valence-corrected chi connectivity index (χ0v) is 14.7. The highest BCUT2D eigenvalue weighted by Crippen LogP contribution is 2.20. The summed E-state index contributed by atoms with van der Waals surface area (Å²) in [6.07, 6.45) is 2.12. The maximum absolute atomic E-state index is 12.6. The van der Waals surface area contributed by atoms with E-state index in [1.807, 2.05) is 60.7 Å². The SMILES string of the molecule is O=C(CN1CCC[C@H]1C(=O)O)N[C@H](Cc1ccccc1)c1ccccc1. The molecule has 0 aliphatic carbocycles. The van der Waals surface area contributed by atoms with Gasteiger partial charge in [0.05, 0.1) is 12.6 Å². The Bertz CT molecular complexity index is 733. The minimum Gasteiger partial charge on any atom is -0.480 e. The normalized spacial score (nSPS) is 18.4. The molecule has 3 rings (SSSR count). The van der Waals surface area contributed by atoms with E-state index >= 15 is 0 Å². The predicted molar refractivity (Wildman–Crippen MR) is 99.7 cm³/mol. The Morgan fingerprint density at radius 1 is 1.08 bits per heavy atom. The molecule has 0 radical (unpaired) electrons. The van der Waals surface area contributed by atoms with Crippen molar-refractivity contribution in [2.45, 2.75) is 31.3 Å². The van der Waals surface area contributed by atoms with E-state index in [4.69, 9.17) is 0 Å². The van der Waals surface area contributed by atoms with E-state index in [9.17, 15) is 14.7 Å². The van der Waals surface area contributed by atoms with Crippen LogP contribution < -0.4 is 5.32 Å². The summed E-state index contributed by atoms with van der Waals surface area (Å²) in [6.45, 7) is 0.772. The van der Waals surface area contributed by atoms with Crippen LogP contribution in [0.1, 0.15) is 30.0 Å². The maximum Gasteiger partial charge on any atom is 0.320 e. The highest BCUT2D eigenvalue weighted by atomic mass is 16.4. The minimum atomic E-state index is -0.848. The summed E-state index contributed by atoms with van der Waals surface area (Å²) in [6, 6.07) is 19.2. The summed E-state index contributed by atoms with van der Waals surface area (Å²) in [5.41, 5.74) is 2.19. The Morgan fingerprint density at radius 2 is 1.73 bits per heavy atom. The zero-order chi connectivity index (χ0) is 18.4. The van der Waals surface area contributed by atoms with E-state index in [2.05, 4.69) is 5.32 Å². The highest BCUT2D eigenvalue weighted by Gasteiger charge is 2.32. The number of likely N-dealkylation sites (tertiary alicyclic amines) is 1. The van der Waals surface area contributed by atoms with Gasteiger partial charge < -0.3 is 10.4 Å². The third-order valence-electron chi connectivity index (χ3n) is 4.82. The first-order chi connectivity index (χ1) is 12.6.